The first-order valence-corrected chi connectivity index (χ1v) is 15.3. The Morgan fingerprint density at radius 3 is 2.68 bits per heavy atom. The summed E-state index contributed by atoms with van der Waals surface area (Å²) in [5.41, 5.74) is 3.44. The molecule has 11 heteroatoms. The summed E-state index contributed by atoms with van der Waals surface area (Å²) < 4.78 is 3.19. The van der Waals surface area contributed by atoms with Gasteiger partial charge in [-0.25, -0.2) is 4.90 Å². The Labute approximate surface area is 253 Å². The topological polar surface area (TPSA) is 101 Å². The Bertz CT molecular complexity index is 1670. The molecule has 0 radical (unpaired) electrons. The first kappa shape index (κ1) is 28.4. The molecule has 214 valence electrons. The average Bonchev–Trinajstić information content (AvgIpc) is 3.54. The van der Waals surface area contributed by atoms with Crippen LogP contribution in [-0.4, -0.2) is 61.3 Å². The summed E-state index contributed by atoms with van der Waals surface area (Å²) in [6, 6.07) is 12.6. The van der Waals surface area contributed by atoms with Gasteiger partial charge in [-0.15, -0.1) is 11.3 Å². The fourth-order valence-electron chi connectivity index (χ4n) is 6.04. The number of nitrogens with one attached hydrogen (secondary N) is 1. The van der Waals surface area contributed by atoms with Crippen LogP contribution in [0.2, 0.25) is 5.02 Å². The summed E-state index contributed by atoms with van der Waals surface area (Å²) in [5, 5.41) is 37.3. The molecular weight excluding hydrogens is 579 g/mol. The van der Waals surface area contributed by atoms with Crippen molar-refractivity contribution in [2.75, 3.05) is 13.1 Å². The number of aliphatic hydroxyl groups excluding tert-OH is 2. The summed E-state index contributed by atoms with van der Waals surface area (Å²) in [7, 11) is 0. The second kappa shape index (κ2) is 11.2. The number of aromatic nitrogens is 2. The number of benzene rings is 1. The highest BCUT2D eigenvalue weighted by Gasteiger charge is 2.36. The number of hydrogen-bond acceptors (Lipinski definition) is 8. The summed E-state index contributed by atoms with van der Waals surface area (Å²) >= 11 is 14.5. The van der Waals surface area contributed by atoms with Crippen LogP contribution >= 0.6 is 34.5 Å². The molecule has 41 heavy (non-hydrogen) atoms. The zero-order valence-corrected chi connectivity index (χ0v) is 25.2. The molecule has 8 nitrogen and oxygen atoms in total. The van der Waals surface area contributed by atoms with Crippen LogP contribution in [0.15, 0.2) is 54.0 Å². The molecule has 0 spiro atoms. The van der Waals surface area contributed by atoms with Crippen LogP contribution in [-0.2, 0) is 13.1 Å². The maximum absolute atomic E-state index is 11.1. The predicted molar refractivity (Wildman–Crippen MR) is 164 cm³/mol. The molecule has 4 aromatic rings. The van der Waals surface area contributed by atoms with Crippen LogP contribution < -0.4 is 5.32 Å². The molecule has 0 amide bonds. The molecule has 0 saturated carbocycles. The molecule has 5 heterocycles. The molecule has 0 aliphatic carbocycles. The molecule has 3 N–H and O–H groups in total. The van der Waals surface area contributed by atoms with E-state index in [9.17, 15) is 15.5 Å². The van der Waals surface area contributed by atoms with E-state index in [1.54, 1.807) is 33.4 Å². The van der Waals surface area contributed by atoms with Gasteiger partial charge in [0, 0.05) is 57.9 Å². The molecule has 2 aliphatic heterocycles. The van der Waals surface area contributed by atoms with E-state index in [1.807, 2.05) is 38.1 Å². The van der Waals surface area contributed by atoms with Crippen molar-refractivity contribution in [3.63, 3.8) is 0 Å². The Morgan fingerprint density at radius 2 is 1.95 bits per heavy atom. The van der Waals surface area contributed by atoms with E-state index < -0.39 is 18.0 Å². The first-order valence-electron chi connectivity index (χ1n) is 13.8. The number of fused-ring (bicyclic) bond motifs is 2. The van der Waals surface area contributed by atoms with Gasteiger partial charge < -0.3 is 25.0 Å². The molecule has 0 bridgehead atoms. The monoisotopic (exact) mass is 610 g/mol. The second-order valence-electron chi connectivity index (χ2n) is 11.2. The lowest BCUT2D eigenvalue weighted by Crippen LogP contribution is -2.56. The van der Waals surface area contributed by atoms with Gasteiger partial charge >= 0.3 is 0 Å². The fourth-order valence-corrected chi connectivity index (χ4v) is 7.82. The van der Waals surface area contributed by atoms with Gasteiger partial charge in [-0.2, -0.15) is 5.26 Å². The van der Waals surface area contributed by atoms with Gasteiger partial charge in [0.2, 0.25) is 0 Å². The maximum Gasteiger partial charge on any atom is 0.190 e. The highest BCUT2D eigenvalue weighted by atomic mass is 35.5. The fraction of sp³-hybridized carbons (Fsp3) is 0.400. The number of thiophene rings is 1. The molecule has 3 aromatic heterocycles. The van der Waals surface area contributed by atoms with Crippen molar-refractivity contribution in [2.45, 2.75) is 58.4 Å². The lowest BCUT2D eigenvalue weighted by molar-refractivity contribution is -0.169. The van der Waals surface area contributed by atoms with Gasteiger partial charge in [-0.05, 0) is 76.2 Å². The number of nitriles is 1. The smallest absolute Gasteiger partial charge is 0.190 e. The van der Waals surface area contributed by atoms with E-state index in [0.717, 1.165) is 63.1 Å². The van der Waals surface area contributed by atoms with E-state index in [0.29, 0.717) is 23.3 Å². The first-order chi connectivity index (χ1) is 19.7. The van der Waals surface area contributed by atoms with Crippen molar-refractivity contribution in [3.05, 3.63) is 63.9 Å². The van der Waals surface area contributed by atoms with Crippen molar-refractivity contribution in [1.29, 1.82) is 5.26 Å². The lowest BCUT2D eigenvalue weighted by Gasteiger charge is -2.44. The van der Waals surface area contributed by atoms with Crippen LogP contribution in [0.25, 0.3) is 32.2 Å². The predicted octanol–water partition coefficient (Wildman–Crippen LogP) is 5.67. The van der Waals surface area contributed by atoms with Crippen LogP contribution in [0.5, 0.6) is 0 Å². The average molecular weight is 612 g/mol. The summed E-state index contributed by atoms with van der Waals surface area (Å²) in [6.07, 6.45) is 4.92. The van der Waals surface area contributed by atoms with Crippen molar-refractivity contribution >= 4 is 55.7 Å². The number of piperidine rings is 1. The summed E-state index contributed by atoms with van der Waals surface area (Å²) in [5.74, 6) is 0. The number of rotatable bonds is 6. The molecule has 2 unspecified atom stereocenters. The maximum atomic E-state index is 11.1. The van der Waals surface area contributed by atoms with E-state index in [4.69, 9.17) is 23.2 Å². The zero-order chi connectivity index (χ0) is 28.9. The number of nitrogens with zero attached hydrogens (tertiary/aromatic N) is 5. The van der Waals surface area contributed by atoms with Gasteiger partial charge in [-0.1, -0.05) is 23.2 Å². The van der Waals surface area contributed by atoms with Crippen LogP contribution in [0.4, 0.5) is 0 Å². The Morgan fingerprint density at radius 1 is 1.17 bits per heavy atom. The van der Waals surface area contributed by atoms with Crippen LogP contribution in [0, 0.1) is 16.7 Å². The molecule has 2 atom stereocenters. The summed E-state index contributed by atoms with van der Waals surface area (Å²) in [4.78, 5) is 8.84. The van der Waals surface area contributed by atoms with Gasteiger partial charge in [0.25, 0.3) is 0 Å². The number of hydrogen-bond donors (Lipinski definition) is 3. The lowest BCUT2D eigenvalue weighted by atomic mass is 9.80. The van der Waals surface area contributed by atoms with Gasteiger partial charge in [0.1, 0.15) is 11.4 Å². The van der Waals surface area contributed by atoms with Gasteiger partial charge in [0.15, 0.2) is 6.35 Å². The second-order valence-corrected chi connectivity index (χ2v) is 13.1. The van der Waals surface area contributed by atoms with E-state index in [-0.39, 0.29) is 6.04 Å². The molecule has 1 saturated heterocycles. The van der Waals surface area contributed by atoms with E-state index >= 15 is 0 Å². The highest BCUT2D eigenvalue weighted by molar-refractivity contribution is 7.19. The standard InChI is InChI=1S/C30H32Cl2N6O2S/c1-18(2)38-25(32)14-26(39)37(29(38)40)15-21-13-24-28(41-21)22(3-7-35-24)23-12-20(31)11-19-4-10-36(27(19)23)17-30(16-33)5-8-34-9-6-30/h3-4,7,10-14,18,26,29,34,39-40H,5-6,8-9,15,17H2,1-2H3. The number of pyridine rings is 1. The Kier molecular flexibility index (Phi) is 7.76. The van der Waals surface area contributed by atoms with Crippen molar-refractivity contribution in [3.8, 4) is 17.2 Å². The SMILES string of the molecule is CC(C)N1C(Cl)=CC(O)N(Cc2cc3nccc(-c4cc(Cl)cc5ccn(CC6(C#N)CCNCC6)c45)c3s2)C1O. The van der Waals surface area contributed by atoms with Crippen LogP contribution in [0.3, 0.4) is 0 Å². The van der Waals surface area contributed by atoms with Crippen LogP contribution in [0.1, 0.15) is 31.6 Å². The van der Waals surface area contributed by atoms with E-state index in [2.05, 4.69) is 33.2 Å². The minimum absolute atomic E-state index is 0.0500. The third-order valence-electron chi connectivity index (χ3n) is 8.16. The van der Waals surface area contributed by atoms with Gasteiger partial charge in [0.05, 0.1) is 27.2 Å². The minimum Gasteiger partial charge on any atom is -0.374 e. The largest absolute Gasteiger partial charge is 0.374 e. The number of aliphatic hydroxyl groups is 2. The molecule has 2 aliphatic rings. The van der Waals surface area contributed by atoms with E-state index in [1.165, 1.54) is 0 Å². The molecule has 1 aromatic carbocycles. The van der Waals surface area contributed by atoms with Crippen molar-refractivity contribution < 1.29 is 10.2 Å². The molecular formula is C30H32Cl2N6O2S. The Balaban J connectivity index is 1.40. The zero-order valence-electron chi connectivity index (χ0n) is 22.9. The third kappa shape index (κ3) is 5.23. The highest BCUT2D eigenvalue weighted by Crippen LogP contribution is 2.41. The molecule has 6 rings (SSSR count). The van der Waals surface area contributed by atoms with Crippen molar-refractivity contribution in [2.24, 2.45) is 5.41 Å². The van der Waals surface area contributed by atoms with Crippen molar-refractivity contribution in [1.82, 2.24) is 24.7 Å². The minimum atomic E-state index is -1.07. The third-order valence-corrected chi connectivity index (χ3v) is 9.84. The quantitative estimate of drug-likeness (QED) is 0.242. The Hall–Kier alpha value is -2.68. The number of halogens is 2. The normalized spacial score (nSPS) is 21.5. The summed E-state index contributed by atoms with van der Waals surface area (Å²) in [6.45, 7) is 6.48. The molecule has 1 fully saturated rings. The van der Waals surface area contributed by atoms with Gasteiger partial charge in [-0.3, -0.25) is 4.98 Å².